The van der Waals surface area contributed by atoms with Gasteiger partial charge in [-0.05, 0) is 92.4 Å². The Hall–Kier alpha value is -2.81. The molecule has 2 aliphatic carbocycles. The molecule has 3 unspecified atom stereocenters. The van der Waals surface area contributed by atoms with Crippen molar-refractivity contribution in [1.82, 2.24) is 0 Å². The number of Topliss-reactive ketones (excluding diaryl/α,β-unsaturated/α-hetero) is 3. The van der Waals surface area contributed by atoms with E-state index in [4.69, 9.17) is 0 Å². The first kappa shape index (κ1) is 40.4. The van der Waals surface area contributed by atoms with Crippen molar-refractivity contribution < 1.29 is 14.4 Å². The van der Waals surface area contributed by atoms with Crippen molar-refractivity contribution in [2.45, 2.75) is 152 Å². The minimum absolute atomic E-state index is 0.0263. The Balaban J connectivity index is 0.00000246. The zero-order chi connectivity index (χ0) is 34.8. The number of fused-ring (bicyclic) bond motifs is 1. The summed E-state index contributed by atoms with van der Waals surface area (Å²) in [7, 11) is 0. The van der Waals surface area contributed by atoms with Crippen LogP contribution in [0.3, 0.4) is 0 Å². The summed E-state index contributed by atoms with van der Waals surface area (Å²) in [5, 5.41) is 0. The molecule has 1 aromatic rings. The lowest BCUT2D eigenvalue weighted by Gasteiger charge is -2.33. The number of hydrogen-bond acceptors (Lipinski definition) is 3. The summed E-state index contributed by atoms with van der Waals surface area (Å²) in [4.78, 5) is 38.6. The Morgan fingerprint density at radius 2 is 1.49 bits per heavy atom. The monoisotopic (exact) mass is 643 g/mol. The van der Waals surface area contributed by atoms with Crippen LogP contribution in [0, 0.1) is 30.6 Å². The third-order valence-corrected chi connectivity index (χ3v) is 9.82. The van der Waals surface area contributed by atoms with Gasteiger partial charge in [0.1, 0.15) is 11.6 Å². The normalized spacial score (nSPS) is 21.2. The fraction of sp³-hybridized carbons (Fsp3) is 0.614. The first-order chi connectivity index (χ1) is 22.6. The van der Waals surface area contributed by atoms with Gasteiger partial charge < -0.3 is 0 Å². The molecule has 0 aromatic heterocycles. The van der Waals surface area contributed by atoms with Crippen LogP contribution < -0.4 is 0 Å². The summed E-state index contributed by atoms with van der Waals surface area (Å²) in [5.41, 5.74) is 7.15. The fourth-order valence-corrected chi connectivity index (χ4v) is 7.85. The molecule has 0 N–H and O–H groups in total. The second kappa shape index (κ2) is 21.9. The molecule has 2 aliphatic rings. The number of benzene rings is 1. The molecule has 3 atom stereocenters. The van der Waals surface area contributed by atoms with Gasteiger partial charge in [0.15, 0.2) is 5.78 Å². The molecule has 1 aromatic carbocycles. The van der Waals surface area contributed by atoms with E-state index in [0.29, 0.717) is 6.42 Å². The smallest absolute Gasteiger partial charge is 0.163 e. The number of ketones is 3. The molecule has 3 nitrogen and oxygen atoms in total. The number of carbonyl (C=O) groups is 3. The maximum Gasteiger partial charge on any atom is 0.163 e. The SMILES string of the molecule is CCC.CCCC(CCC)C/C1=C/C=C(/c2ccc(C)c3c2CC(CC(CCC)C(CC)C(=O)CC(C)=O)CC3=O)C/C=C\C=C/C1. The van der Waals surface area contributed by atoms with Gasteiger partial charge in [0.05, 0.1) is 6.42 Å². The molecule has 260 valence electrons. The summed E-state index contributed by atoms with van der Waals surface area (Å²) >= 11 is 0. The van der Waals surface area contributed by atoms with E-state index >= 15 is 0 Å². The fourth-order valence-electron chi connectivity index (χ4n) is 7.85. The van der Waals surface area contributed by atoms with Crippen molar-refractivity contribution in [3.8, 4) is 0 Å². The van der Waals surface area contributed by atoms with Crippen LogP contribution in [0.4, 0.5) is 0 Å². The lowest BCUT2D eigenvalue weighted by molar-refractivity contribution is -0.129. The molecule has 0 radical (unpaired) electrons. The van der Waals surface area contributed by atoms with Crippen molar-refractivity contribution in [2.24, 2.45) is 23.7 Å². The van der Waals surface area contributed by atoms with Crippen molar-refractivity contribution in [1.29, 1.82) is 0 Å². The van der Waals surface area contributed by atoms with Gasteiger partial charge in [-0.15, -0.1) is 0 Å². The quantitative estimate of drug-likeness (QED) is 0.169. The van der Waals surface area contributed by atoms with Gasteiger partial charge in [0.25, 0.3) is 0 Å². The number of allylic oxidation sites excluding steroid dienone is 8. The molecule has 3 rings (SSSR count). The average molecular weight is 643 g/mol. The van der Waals surface area contributed by atoms with E-state index in [0.717, 1.165) is 68.4 Å². The second-order valence-corrected chi connectivity index (χ2v) is 14.3. The molecule has 0 amide bonds. The highest BCUT2D eigenvalue weighted by atomic mass is 16.1. The van der Waals surface area contributed by atoms with Gasteiger partial charge in [0.2, 0.25) is 0 Å². The van der Waals surface area contributed by atoms with Crippen molar-refractivity contribution in [2.75, 3.05) is 0 Å². The molecule has 0 aliphatic heterocycles. The Bertz CT molecular complexity index is 1270. The van der Waals surface area contributed by atoms with E-state index in [1.807, 2.05) is 0 Å². The molecule has 0 saturated carbocycles. The molecular weight excluding hydrogens is 576 g/mol. The van der Waals surface area contributed by atoms with Gasteiger partial charge in [0, 0.05) is 17.9 Å². The molecule has 47 heavy (non-hydrogen) atoms. The lowest BCUT2D eigenvalue weighted by atomic mass is 9.71. The van der Waals surface area contributed by atoms with Crippen LogP contribution in [-0.2, 0) is 16.0 Å². The van der Waals surface area contributed by atoms with E-state index in [1.165, 1.54) is 61.3 Å². The van der Waals surface area contributed by atoms with E-state index < -0.39 is 0 Å². The Kier molecular flexibility index (Phi) is 18.8. The third kappa shape index (κ3) is 13.0. The Morgan fingerprint density at radius 1 is 0.851 bits per heavy atom. The van der Waals surface area contributed by atoms with Gasteiger partial charge in [-0.1, -0.05) is 141 Å². The van der Waals surface area contributed by atoms with Crippen LogP contribution in [0.5, 0.6) is 0 Å². The van der Waals surface area contributed by atoms with Crippen molar-refractivity contribution >= 4 is 22.9 Å². The summed E-state index contributed by atoms with van der Waals surface area (Å²) in [6, 6.07) is 4.37. The Labute approximate surface area is 288 Å². The largest absolute Gasteiger partial charge is 0.300 e. The molecule has 0 fully saturated rings. The predicted octanol–water partition coefficient (Wildman–Crippen LogP) is 12.4. The maximum absolute atomic E-state index is 13.8. The van der Waals surface area contributed by atoms with Gasteiger partial charge >= 0.3 is 0 Å². The highest BCUT2D eigenvalue weighted by Gasteiger charge is 2.34. The second-order valence-electron chi connectivity index (χ2n) is 14.3. The van der Waals surface area contributed by atoms with Crippen LogP contribution >= 0.6 is 0 Å². The molecule has 0 heterocycles. The maximum atomic E-state index is 13.8. The van der Waals surface area contributed by atoms with Gasteiger partial charge in [-0.3, -0.25) is 14.4 Å². The van der Waals surface area contributed by atoms with Crippen LogP contribution in [0.1, 0.15) is 165 Å². The van der Waals surface area contributed by atoms with Crippen molar-refractivity contribution in [3.63, 3.8) is 0 Å². The van der Waals surface area contributed by atoms with Crippen LogP contribution in [0.2, 0.25) is 0 Å². The number of aryl methyl sites for hydroxylation is 1. The summed E-state index contributed by atoms with van der Waals surface area (Å²) < 4.78 is 0. The molecule has 0 bridgehead atoms. The third-order valence-electron chi connectivity index (χ3n) is 9.82. The van der Waals surface area contributed by atoms with Crippen LogP contribution in [-0.4, -0.2) is 17.3 Å². The number of hydrogen-bond donors (Lipinski definition) is 0. The highest BCUT2D eigenvalue weighted by molar-refractivity contribution is 6.01. The summed E-state index contributed by atoms with van der Waals surface area (Å²) in [5.74, 6) is 1.29. The minimum atomic E-state index is -0.112. The van der Waals surface area contributed by atoms with Gasteiger partial charge in [-0.2, -0.15) is 0 Å². The molecule has 0 saturated heterocycles. The van der Waals surface area contributed by atoms with Gasteiger partial charge in [-0.25, -0.2) is 0 Å². The zero-order valence-electron chi connectivity index (χ0n) is 31.3. The zero-order valence-corrected chi connectivity index (χ0v) is 31.3. The molecule has 3 heteroatoms. The topological polar surface area (TPSA) is 51.2 Å². The minimum Gasteiger partial charge on any atom is -0.300 e. The Morgan fingerprint density at radius 3 is 2.09 bits per heavy atom. The van der Waals surface area contributed by atoms with E-state index in [9.17, 15) is 14.4 Å². The van der Waals surface area contributed by atoms with E-state index in [1.54, 1.807) is 0 Å². The standard InChI is InChI=1S/C41H58O3.C3H8/c1-7-15-31(16-8-2)25-32-18-13-11-12-14-19-34(22-21-32)37-23-20-29(5)41-38(37)27-33(28-40(41)44)26-35(17-9-3)36(10-4)39(43)24-30(6)42;1-3-2/h11-14,20-23,31,33,35-36H,7-10,15-19,24-28H2,1-6H3;3H2,1-2H3/b13-11-,14-12-,32-21+,34-22+;. The van der Waals surface area contributed by atoms with Crippen LogP contribution in [0.25, 0.3) is 5.57 Å². The number of rotatable bonds is 16. The highest BCUT2D eigenvalue weighted by Crippen LogP contribution is 2.40. The molecule has 0 spiro atoms. The summed E-state index contributed by atoms with van der Waals surface area (Å²) in [6.45, 7) is 16.6. The first-order valence-corrected chi connectivity index (χ1v) is 19.0. The average Bonchev–Trinajstić information content (AvgIpc) is 3.01. The molecular formula is C44H66O3. The lowest BCUT2D eigenvalue weighted by Crippen LogP contribution is -2.30. The first-order valence-electron chi connectivity index (χ1n) is 19.0. The van der Waals surface area contributed by atoms with Crippen LogP contribution in [0.15, 0.2) is 54.2 Å². The van der Waals surface area contributed by atoms with E-state index in [2.05, 4.69) is 97.1 Å². The van der Waals surface area contributed by atoms with E-state index in [-0.39, 0.29) is 41.5 Å². The van der Waals surface area contributed by atoms with Crippen molar-refractivity contribution in [3.05, 3.63) is 76.4 Å². The predicted molar refractivity (Wildman–Crippen MR) is 202 cm³/mol. The summed E-state index contributed by atoms with van der Waals surface area (Å²) in [6.07, 6.45) is 27.8. The number of carbonyl (C=O) groups excluding carboxylic acids is 3.